The van der Waals surface area contributed by atoms with Crippen LogP contribution >= 0.6 is 70.4 Å². The predicted octanol–water partition coefficient (Wildman–Crippen LogP) is 4.25. The maximum atomic E-state index is 11.1. The summed E-state index contributed by atoms with van der Waals surface area (Å²) in [4.78, 5) is 20.8. The Morgan fingerprint density at radius 3 is 1.81 bits per heavy atom. The fourth-order valence-corrected chi connectivity index (χ4v) is 2.01. The van der Waals surface area contributed by atoms with Gasteiger partial charge in [-0.25, -0.2) is 0 Å². The van der Waals surface area contributed by atoms with Crippen molar-refractivity contribution in [2.24, 2.45) is 0 Å². The third-order valence-electron chi connectivity index (χ3n) is 2.34. The van der Waals surface area contributed by atoms with Gasteiger partial charge in [0.25, 0.3) is 0 Å². The van der Waals surface area contributed by atoms with Crippen LogP contribution in [0.1, 0.15) is 18.4 Å². The molecule has 0 aliphatic heterocycles. The molecular formula is C13H17Cl6N5O2. The molecule has 0 fully saturated rings. The van der Waals surface area contributed by atoms with E-state index in [1.54, 1.807) is 6.20 Å². The lowest BCUT2D eigenvalue weighted by Crippen LogP contribution is -2.02. The molecule has 0 bridgehead atoms. The van der Waals surface area contributed by atoms with E-state index in [0.29, 0.717) is 40.6 Å². The molecule has 4 N–H and O–H groups in total. The first-order chi connectivity index (χ1) is 11.8. The molecular weight excluding hydrogens is 471 g/mol. The quantitative estimate of drug-likeness (QED) is 0.416. The largest absolute Gasteiger partial charge is 0.395 e. The van der Waals surface area contributed by atoms with Gasteiger partial charge in [-0.3, -0.25) is 19.8 Å². The molecule has 13 heteroatoms. The summed E-state index contributed by atoms with van der Waals surface area (Å²) >= 11 is 26.4. The average molecular weight is 488 g/mol. The molecule has 2 aromatic rings. The van der Waals surface area contributed by atoms with Crippen LogP contribution in [0.5, 0.6) is 0 Å². The van der Waals surface area contributed by atoms with Gasteiger partial charge in [-0.2, -0.15) is 10.2 Å². The molecule has 26 heavy (non-hydrogen) atoms. The summed E-state index contributed by atoms with van der Waals surface area (Å²) in [6.45, 7) is 0. The molecule has 0 radical (unpaired) electrons. The van der Waals surface area contributed by atoms with Crippen LogP contribution in [0.4, 0.5) is 5.69 Å². The van der Waals surface area contributed by atoms with E-state index >= 15 is 0 Å². The number of nitrogens with two attached hydrogens (primary N) is 1. The normalized spacial score (nSPS) is 9.12. The smallest absolute Gasteiger partial charge is 0.222 e. The molecule has 0 unspecified atom stereocenters. The minimum Gasteiger partial charge on any atom is -0.395 e. The highest BCUT2D eigenvalue weighted by molar-refractivity contribution is 6.63. The van der Waals surface area contributed by atoms with Gasteiger partial charge < -0.3 is 5.73 Å². The molecule has 2 aromatic heterocycles. The van der Waals surface area contributed by atoms with E-state index in [-0.39, 0.29) is 29.9 Å². The lowest BCUT2D eigenvalue weighted by molar-refractivity contribution is -0.118. The van der Waals surface area contributed by atoms with Crippen molar-refractivity contribution in [3.05, 3.63) is 28.3 Å². The van der Waals surface area contributed by atoms with Crippen LogP contribution in [0.2, 0.25) is 10.3 Å². The number of hydrogen-bond acceptors (Lipinski definition) is 5. The van der Waals surface area contributed by atoms with Gasteiger partial charge in [0.2, 0.25) is 5.24 Å². The minimum absolute atomic E-state index is 0. The number of aromatic nitrogens is 4. The summed E-state index contributed by atoms with van der Waals surface area (Å²) < 4.78 is 0. The van der Waals surface area contributed by atoms with Crippen LogP contribution in [-0.4, -0.2) is 43.2 Å². The summed E-state index contributed by atoms with van der Waals surface area (Å²) in [6.07, 6.45) is 3.96. The van der Waals surface area contributed by atoms with Crippen LogP contribution in [0, 0.1) is 0 Å². The van der Waals surface area contributed by atoms with Crippen molar-refractivity contribution in [1.82, 2.24) is 20.4 Å². The first-order valence-electron chi connectivity index (χ1n) is 6.75. The summed E-state index contributed by atoms with van der Waals surface area (Å²) in [5.41, 5.74) is 6.43. The van der Waals surface area contributed by atoms with E-state index < -0.39 is 0 Å². The van der Waals surface area contributed by atoms with E-state index in [4.69, 9.17) is 63.7 Å². The number of nitrogens with one attached hydrogen (secondary N) is 2. The number of Topliss-reactive ketones (excluding diaryl/α,β-unsaturated/α-hetero) is 1. The van der Waals surface area contributed by atoms with Crippen molar-refractivity contribution in [2.75, 3.05) is 17.5 Å². The second-order valence-electron chi connectivity index (χ2n) is 4.30. The Hall–Kier alpha value is -0.700. The Bertz CT molecular complexity index is 632. The molecule has 0 aliphatic carbocycles. The van der Waals surface area contributed by atoms with Crippen LogP contribution < -0.4 is 5.73 Å². The molecule has 0 aliphatic rings. The lowest BCUT2D eigenvalue weighted by Gasteiger charge is -1.94. The van der Waals surface area contributed by atoms with E-state index in [0.717, 1.165) is 5.56 Å². The first kappa shape index (κ1) is 27.5. The zero-order valence-corrected chi connectivity index (χ0v) is 17.9. The van der Waals surface area contributed by atoms with Crippen LogP contribution in [0.25, 0.3) is 0 Å². The fraction of sp³-hybridized carbons (Fsp3) is 0.385. The van der Waals surface area contributed by atoms with Crippen molar-refractivity contribution in [3.63, 3.8) is 0 Å². The van der Waals surface area contributed by atoms with Crippen molar-refractivity contribution in [3.8, 4) is 0 Å². The molecule has 0 saturated heterocycles. The third-order valence-corrected chi connectivity index (χ3v) is 3.53. The van der Waals surface area contributed by atoms with Crippen molar-refractivity contribution >= 4 is 87.1 Å². The topological polar surface area (TPSA) is 118 Å². The standard InChI is InChI=1S/C7H8Cl2N2O.C3H4Cl2O.C3H4ClN3.ClH/c8-2-1-6(12)3-5-4-10-11-7(5)9;4-2-1-3(5)6;4-3-2(5)1-6-7-3;/h4H,1-3H2,(H,10,11);1-2H2;1H,5H2,(H,6,7);1H. The number of alkyl halides is 2. The average Bonchev–Trinajstić information content (AvgIpc) is 3.10. The van der Waals surface area contributed by atoms with Crippen molar-refractivity contribution < 1.29 is 9.59 Å². The summed E-state index contributed by atoms with van der Waals surface area (Å²) in [7, 11) is 0. The van der Waals surface area contributed by atoms with Gasteiger partial charge in [0, 0.05) is 36.6 Å². The van der Waals surface area contributed by atoms with Crippen LogP contribution in [0.15, 0.2) is 12.4 Å². The number of anilines is 1. The highest BCUT2D eigenvalue weighted by Crippen LogP contribution is 2.12. The van der Waals surface area contributed by atoms with E-state index in [9.17, 15) is 9.59 Å². The second-order valence-corrected chi connectivity index (χ2v) is 6.23. The summed E-state index contributed by atoms with van der Waals surface area (Å²) in [5, 5.41) is 12.7. The maximum Gasteiger partial charge on any atom is 0.222 e. The number of H-pyrrole nitrogens is 2. The van der Waals surface area contributed by atoms with Crippen LogP contribution in [0.3, 0.4) is 0 Å². The van der Waals surface area contributed by atoms with Gasteiger partial charge >= 0.3 is 0 Å². The zero-order chi connectivity index (χ0) is 19.2. The second kappa shape index (κ2) is 16.5. The number of carbonyl (C=O) groups is 2. The first-order valence-corrected chi connectivity index (χ1v) is 8.96. The third kappa shape index (κ3) is 13.5. The highest BCUT2D eigenvalue weighted by atomic mass is 35.5. The van der Waals surface area contributed by atoms with E-state index in [1.165, 1.54) is 6.20 Å². The number of halogens is 6. The number of ketones is 1. The summed E-state index contributed by atoms with van der Waals surface area (Å²) in [6, 6.07) is 0. The number of hydrogen-bond donors (Lipinski definition) is 3. The molecule has 0 atom stereocenters. The molecule has 148 valence electrons. The van der Waals surface area contributed by atoms with Gasteiger partial charge in [-0.05, 0) is 11.6 Å². The highest BCUT2D eigenvalue weighted by Gasteiger charge is 2.07. The van der Waals surface area contributed by atoms with Gasteiger partial charge in [-0.15, -0.1) is 35.6 Å². The molecule has 2 rings (SSSR count). The SMILES string of the molecule is Cl.Nc1cn[nH]c1Cl.O=C(CCCl)Cc1cn[nH]c1Cl.O=C(Cl)CCCl. The molecule has 0 spiro atoms. The van der Waals surface area contributed by atoms with E-state index in [2.05, 4.69) is 20.4 Å². The Morgan fingerprint density at radius 1 is 1.00 bits per heavy atom. The number of carbonyl (C=O) groups excluding carboxylic acids is 2. The van der Waals surface area contributed by atoms with Gasteiger partial charge in [0.1, 0.15) is 16.1 Å². The Kier molecular flexibility index (Phi) is 17.4. The van der Waals surface area contributed by atoms with Gasteiger partial charge in [0.15, 0.2) is 0 Å². The predicted molar refractivity (Wildman–Crippen MR) is 109 cm³/mol. The van der Waals surface area contributed by atoms with Crippen molar-refractivity contribution in [1.29, 1.82) is 0 Å². The Morgan fingerprint density at radius 2 is 1.54 bits per heavy atom. The monoisotopic (exact) mass is 485 g/mol. The molecule has 7 nitrogen and oxygen atoms in total. The molecule has 0 saturated carbocycles. The Balaban J connectivity index is 0. The molecule has 0 amide bonds. The fourth-order valence-electron chi connectivity index (χ4n) is 1.18. The maximum absolute atomic E-state index is 11.1. The zero-order valence-electron chi connectivity index (χ0n) is 13.3. The number of rotatable bonds is 6. The van der Waals surface area contributed by atoms with Gasteiger partial charge in [-0.1, -0.05) is 23.2 Å². The number of nitrogens with zero attached hydrogens (tertiary/aromatic N) is 2. The molecule has 2 heterocycles. The molecule has 0 aromatic carbocycles. The summed E-state index contributed by atoms with van der Waals surface area (Å²) in [5.74, 6) is 0.754. The Labute approximate surface area is 181 Å². The number of aromatic amines is 2. The minimum atomic E-state index is -0.370. The van der Waals surface area contributed by atoms with Gasteiger partial charge in [0.05, 0.1) is 18.1 Å². The van der Waals surface area contributed by atoms with E-state index in [1.807, 2.05) is 0 Å². The lowest BCUT2D eigenvalue weighted by atomic mass is 10.1. The number of nitrogen functional groups attached to an aromatic ring is 1. The van der Waals surface area contributed by atoms with Crippen molar-refractivity contribution in [2.45, 2.75) is 19.3 Å². The van der Waals surface area contributed by atoms with Crippen LogP contribution in [-0.2, 0) is 16.0 Å².